The van der Waals surface area contributed by atoms with Gasteiger partial charge in [-0.05, 0) is 116 Å². The molecule has 0 aromatic heterocycles. The maximum atomic E-state index is 2.65. The second-order valence-corrected chi connectivity index (χ2v) is 18.9. The summed E-state index contributed by atoms with van der Waals surface area (Å²) in [5.41, 5.74) is 22.3. The van der Waals surface area contributed by atoms with Crippen LogP contribution in [0.5, 0.6) is 0 Å². The van der Waals surface area contributed by atoms with Crippen LogP contribution in [0.25, 0.3) is 44.5 Å². The van der Waals surface area contributed by atoms with Crippen molar-refractivity contribution in [1.29, 1.82) is 0 Å². The zero-order valence-electron chi connectivity index (χ0n) is 38.7. The number of unbranched alkanes of at least 4 members (excludes halogenated alkanes) is 2. The highest BCUT2D eigenvalue weighted by atomic mass is 15.1. The van der Waals surface area contributed by atoms with Gasteiger partial charge in [-0.2, -0.15) is 0 Å². The van der Waals surface area contributed by atoms with E-state index in [2.05, 4.69) is 221 Å². The molecule has 0 radical (unpaired) electrons. The van der Waals surface area contributed by atoms with Gasteiger partial charge in [-0.15, -0.1) is 0 Å². The van der Waals surface area contributed by atoms with Gasteiger partial charge >= 0.3 is 0 Å². The molecular weight excluding hydrogens is 783 g/mol. The van der Waals surface area contributed by atoms with Gasteiger partial charge in [-0.1, -0.05) is 230 Å². The fourth-order valence-electron chi connectivity index (χ4n) is 13.3. The summed E-state index contributed by atoms with van der Waals surface area (Å²) in [7, 11) is 0. The van der Waals surface area contributed by atoms with Gasteiger partial charge in [0.25, 0.3) is 0 Å². The minimum Gasteiger partial charge on any atom is -0.309 e. The normalized spacial score (nSPS) is 16.6. The minimum atomic E-state index is -0.431. The lowest BCUT2D eigenvalue weighted by atomic mass is 9.57. The summed E-state index contributed by atoms with van der Waals surface area (Å²) in [5.74, 6) is 1.08. The van der Waals surface area contributed by atoms with Crippen molar-refractivity contribution in [3.8, 4) is 44.5 Å². The van der Waals surface area contributed by atoms with Gasteiger partial charge in [0.1, 0.15) is 0 Å². The molecule has 0 bridgehead atoms. The first kappa shape index (κ1) is 41.3. The van der Waals surface area contributed by atoms with Crippen LogP contribution < -0.4 is 4.90 Å². The van der Waals surface area contributed by atoms with Crippen LogP contribution in [0.15, 0.2) is 188 Å². The number of nitrogens with zero attached hydrogens (tertiary/aromatic N) is 1. The Balaban J connectivity index is 1.22. The van der Waals surface area contributed by atoms with Crippen molar-refractivity contribution in [3.63, 3.8) is 0 Å². The lowest BCUT2D eigenvalue weighted by Gasteiger charge is -2.46. The smallest absolute Gasteiger partial charge is 0.0726 e. The fourth-order valence-corrected chi connectivity index (χ4v) is 13.3. The van der Waals surface area contributed by atoms with Gasteiger partial charge in [0.15, 0.2) is 0 Å². The molecule has 3 aliphatic carbocycles. The van der Waals surface area contributed by atoms with Crippen LogP contribution in [-0.2, 0) is 10.8 Å². The lowest BCUT2D eigenvalue weighted by Crippen LogP contribution is -2.42. The third-order valence-corrected chi connectivity index (χ3v) is 15.9. The number of benzene rings is 8. The molecule has 0 heterocycles. The van der Waals surface area contributed by atoms with Crippen LogP contribution in [0.4, 0.5) is 17.1 Å². The molecule has 65 heavy (non-hydrogen) atoms. The summed E-state index contributed by atoms with van der Waals surface area (Å²) in [4.78, 5) is 2.65. The molecular formula is C64H61N. The second-order valence-electron chi connectivity index (χ2n) is 18.9. The molecule has 0 amide bonds. The highest BCUT2D eigenvalue weighted by molar-refractivity contribution is 6.03. The Morgan fingerprint density at radius 3 is 1.32 bits per heavy atom. The third-order valence-electron chi connectivity index (χ3n) is 15.9. The van der Waals surface area contributed by atoms with Crippen LogP contribution in [-0.4, -0.2) is 0 Å². The van der Waals surface area contributed by atoms with Crippen LogP contribution in [0.1, 0.15) is 112 Å². The average Bonchev–Trinajstić information content (AvgIpc) is 3.96. The number of hydrogen-bond donors (Lipinski definition) is 0. The van der Waals surface area contributed by atoms with E-state index in [-0.39, 0.29) is 5.41 Å². The molecule has 8 aromatic rings. The van der Waals surface area contributed by atoms with E-state index >= 15 is 0 Å². The van der Waals surface area contributed by atoms with Crippen LogP contribution in [0.2, 0.25) is 0 Å². The van der Waals surface area contributed by atoms with E-state index in [0.717, 1.165) is 0 Å². The molecule has 11 rings (SSSR count). The van der Waals surface area contributed by atoms with Crippen molar-refractivity contribution in [1.82, 2.24) is 0 Å². The molecule has 0 saturated heterocycles. The Bertz CT molecular complexity index is 2950. The third kappa shape index (κ3) is 6.04. The Labute approximate surface area is 387 Å². The molecule has 3 aliphatic rings. The van der Waals surface area contributed by atoms with Gasteiger partial charge in [0.2, 0.25) is 0 Å². The van der Waals surface area contributed by atoms with Crippen LogP contribution >= 0.6 is 0 Å². The molecule has 1 spiro atoms. The van der Waals surface area contributed by atoms with E-state index in [1.807, 2.05) is 0 Å². The quantitative estimate of drug-likeness (QED) is 0.105. The maximum Gasteiger partial charge on any atom is 0.0726 e. The van der Waals surface area contributed by atoms with E-state index < -0.39 is 5.41 Å². The molecule has 8 aromatic carbocycles. The Morgan fingerprint density at radius 1 is 0.369 bits per heavy atom. The molecule has 0 saturated carbocycles. The number of anilines is 3. The Morgan fingerprint density at radius 2 is 0.785 bits per heavy atom. The maximum absolute atomic E-state index is 2.65. The molecule has 0 N–H and O–H groups in total. The molecule has 1 heteroatoms. The molecule has 1 nitrogen and oxygen atoms in total. The lowest BCUT2D eigenvalue weighted by molar-refractivity contribution is 0.179. The topological polar surface area (TPSA) is 3.24 Å². The highest BCUT2D eigenvalue weighted by Gasteiger charge is 2.54. The predicted molar refractivity (Wildman–Crippen MR) is 276 cm³/mol. The molecule has 0 fully saturated rings. The van der Waals surface area contributed by atoms with E-state index in [9.17, 15) is 0 Å². The second kappa shape index (κ2) is 16.8. The van der Waals surface area contributed by atoms with Crippen molar-refractivity contribution in [2.45, 2.75) is 89.9 Å². The average molecular weight is 844 g/mol. The predicted octanol–water partition coefficient (Wildman–Crippen LogP) is 17.9. The molecule has 322 valence electrons. The van der Waals surface area contributed by atoms with Crippen molar-refractivity contribution < 1.29 is 0 Å². The summed E-state index contributed by atoms with van der Waals surface area (Å²) >= 11 is 0. The minimum absolute atomic E-state index is 0.0782. The van der Waals surface area contributed by atoms with Crippen molar-refractivity contribution >= 4 is 17.1 Å². The van der Waals surface area contributed by atoms with Gasteiger partial charge in [-0.25, -0.2) is 0 Å². The van der Waals surface area contributed by atoms with Crippen LogP contribution in [0, 0.1) is 11.8 Å². The largest absolute Gasteiger partial charge is 0.309 e. The van der Waals surface area contributed by atoms with Crippen molar-refractivity contribution in [3.05, 3.63) is 221 Å². The number of fused-ring (bicyclic) bond motifs is 13. The fraction of sp³-hybridized carbons (Fsp3) is 0.250. The molecule has 2 unspecified atom stereocenters. The summed E-state index contributed by atoms with van der Waals surface area (Å²) in [6.07, 6.45) is 9.76. The van der Waals surface area contributed by atoms with E-state index in [4.69, 9.17) is 0 Å². The van der Waals surface area contributed by atoms with Crippen LogP contribution in [0.3, 0.4) is 0 Å². The Hall–Kier alpha value is -6.44. The van der Waals surface area contributed by atoms with Crippen molar-refractivity contribution in [2.75, 3.05) is 4.90 Å². The first-order valence-electron chi connectivity index (χ1n) is 24.7. The number of rotatable bonds is 14. The van der Waals surface area contributed by atoms with Gasteiger partial charge in [0, 0.05) is 22.2 Å². The zero-order chi connectivity index (χ0) is 44.1. The summed E-state index contributed by atoms with van der Waals surface area (Å²) in [6, 6.07) is 72.0. The summed E-state index contributed by atoms with van der Waals surface area (Å²) < 4.78 is 0. The standard InChI is InChI=1S/C64H61N/c1-5-9-26-46(7-3)63(47(8-4)27-10-6-2)55-34-20-16-30-51(55)61-57(63)36-22-38-59(61)65(48-42-40-45(41-43-48)44-24-12-11-13-25-44)60-39-23-37-58-62(60)52-31-17-21-35-56(52)64(58)53-32-18-14-28-49(53)50-29-15-19-33-54(50)64/h11-25,28-43,46-47H,5-10,26-27H2,1-4H3. The first-order valence-corrected chi connectivity index (χ1v) is 24.7. The zero-order valence-corrected chi connectivity index (χ0v) is 38.7. The van der Waals surface area contributed by atoms with Gasteiger partial charge in [-0.3, -0.25) is 0 Å². The Kier molecular flexibility index (Phi) is 10.7. The van der Waals surface area contributed by atoms with Gasteiger partial charge in [0.05, 0.1) is 16.8 Å². The molecule has 0 aliphatic heterocycles. The van der Waals surface area contributed by atoms with Gasteiger partial charge < -0.3 is 4.90 Å². The number of hydrogen-bond acceptors (Lipinski definition) is 1. The summed E-state index contributed by atoms with van der Waals surface area (Å²) in [5, 5.41) is 0. The first-order chi connectivity index (χ1) is 32.1. The highest BCUT2D eigenvalue weighted by Crippen LogP contribution is 2.66. The van der Waals surface area contributed by atoms with E-state index in [1.165, 1.54) is 141 Å². The van der Waals surface area contributed by atoms with Crippen molar-refractivity contribution in [2.24, 2.45) is 11.8 Å². The monoisotopic (exact) mass is 843 g/mol. The van der Waals surface area contributed by atoms with E-state index in [0.29, 0.717) is 11.8 Å². The SMILES string of the molecule is CCCCC(CC)C1(C(CC)CCCC)c2ccccc2-c2c(N(c3ccc(-c4ccccc4)cc3)c3cccc4c3-c3ccccc3C43c4ccccc4-c4ccccc43)cccc21. The molecule has 2 atom stereocenters. The van der Waals surface area contributed by atoms with E-state index in [1.54, 1.807) is 5.56 Å². The summed E-state index contributed by atoms with van der Waals surface area (Å²) in [6.45, 7) is 9.68.